The molecule has 0 bridgehead atoms. The van der Waals surface area contributed by atoms with Gasteiger partial charge in [-0.05, 0) is 68.7 Å². The predicted octanol–water partition coefficient (Wildman–Crippen LogP) is 6.25. The molecule has 0 unspecified atom stereocenters. The third-order valence-corrected chi connectivity index (χ3v) is 6.79. The van der Waals surface area contributed by atoms with Crippen molar-refractivity contribution >= 4 is 22.5 Å². The van der Waals surface area contributed by atoms with Crippen LogP contribution in [0.1, 0.15) is 62.1 Å². The van der Waals surface area contributed by atoms with Crippen molar-refractivity contribution in [2.45, 2.75) is 64.5 Å². The van der Waals surface area contributed by atoms with Gasteiger partial charge < -0.3 is 0 Å². The van der Waals surface area contributed by atoms with Crippen molar-refractivity contribution in [1.29, 1.82) is 0 Å². The monoisotopic (exact) mass is 340 g/mol. The largest absolute Gasteiger partial charge is 0.287 e. The second-order valence-corrected chi connectivity index (χ2v) is 8.81. The smallest absolute Gasteiger partial charge is 0.192 e. The van der Waals surface area contributed by atoms with E-state index < -0.39 is 0 Å². The van der Waals surface area contributed by atoms with E-state index in [0.29, 0.717) is 10.4 Å². The van der Waals surface area contributed by atoms with E-state index >= 15 is 0 Å². The standard InChI is InChI=1S/C22H28OS/c1-14(2)19-12-17(22(23)24-18-7-5-6-8-18)13-21(19)20-11-15(3)9-10-16(20)4/h9-11,17-18H,1,5-8,12-13H2,2-4H3/t17-/m1/s1. The van der Waals surface area contributed by atoms with Crippen molar-refractivity contribution in [2.75, 3.05) is 0 Å². The Bertz CT molecular complexity index is 692. The molecule has 24 heavy (non-hydrogen) atoms. The van der Waals surface area contributed by atoms with Gasteiger partial charge in [-0.1, -0.05) is 60.5 Å². The SMILES string of the molecule is C=C(C)C1=C(c2cc(C)ccc2C)C[C@H](C(=O)SC2CCCC2)C1. The Hall–Kier alpha value is -1.28. The molecule has 0 aliphatic heterocycles. The summed E-state index contributed by atoms with van der Waals surface area (Å²) in [6.07, 6.45) is 6.76. The van der Waals surface area contributed by atoms with Gasteiger partial charge in [0.25, 0.3) is 0 Å². The Balaban J connectivity index is 1.82. The summed E-state index contributed by atoms with van der Waals surface area (Å²) in [6.45, 7) is 10.6. The predicted molar refractivity (Wildman–Crippen MR) is 105 cm³/mol. The highest BCUT2D eigenvalue weighted by Gasteiger charge is 2.33. The minimum Gasteiger partial charge on any atom is -0.287 e. The van der Waals surface area contributed by atoms with Gasteiger partial charge in [-0.3, -0.25) is 4.79 Å². The number of rotatable bonds is 4. The van der Waals surface area contributed by atoms with E-state index in [1.165, 1.54) is 53.5 Å². The first-order valence-corrected chi connectivity index (χ1v) is 9.99. The van der Waals surface area contributed by atoms with Crippen molar-refractivity contribution in [3.8, 4) is 0 Å². The molecule has 2 heteroatoms. The molecule has 0 heterocycles. The summed E-state index contributed by atoms with van der Waals surface area (Å²) in [5.74, 6) is 0.136. The van der Waals surface area contributed by atoms with Crippen LogP contribution >= 0.6 is 11.8 Å². The summed E-state index contributed by atoms with van der Waals surface area (Å²) in [5.41, 5.74) is 7.68. The quantitative estimate of drug-likeness (QED) is 0.645. The van der Waals surface area contributed by atoms with Crippen LogP contribution in [0.3, 0.4) is 0 Å². The summed E-state index contributed by atoms with van der Waals surface area (Å²) < 4.78 is 0. The minimum absolute atomic E-state index is 0.136. The normalized spacial score (nSPS) is 21.5. The van der Waals surface area contributed by atoms with Gasteiger partial charge in [0.1, 0.15) is 0 Å². The fourth-order valence-corrected chi connectivity index (χ4v) is 5.27. The maximum atomic E-state index is 12.8. The average Bonchev–Trinajstić information content (AvgIpc) is 3.18. The molecule has 1 fully saturated rings. The van der Waals surface area contributed by atoms with Crippen molar-refractivity contribution in [3.05, 3.63) is 52.6 Å². The number of aryl methyl sites for hydroxylation is 2. The van der Waals surface area contributed by atoms with Crippen LogP contribution in [-0.4, -0.2) is 10.4 Å². The second-order valence-electron chi connectivity index (χ2n) is 7.50. The van der Waals surface area contributed by atoms with Gasteiger partial charge in [0.15, 0.2) is 5.12 Å². The molecule has 0 amide bonds. The van der Waals surface area contributed by atoms with E-state index in [9.17, 15) is 4.79 Å². The molecule has 128 valence electrons. The van der Waals surface area contributed by atoms with Crippen LogP contribution < -0.4 is 0 Å². The van der Waals surface area contributed by atoms with E-state index in [2.05, 4.69) is 45.5 Å². The van der Waals surface area contributed by atoms with Crippen molar-refractivity contribution < 1.29 is 4.79 Å². The van der Waals surface area contributed by atoms with Gasteiger partial charge in [0.05, 0.1) is 0 Å². The van der Waals surface area contributed by atoms with Crippen molar-refractivity contribution in [3.63, 3.8) is 0 Å². The van der Waals surface area contributed by atoms with Gasteiger partial charge in [-0.25, -0.2) is 0 Å². The molecule has 1 atom stereocenters. The van der Waals surface area contributed by atoms with Gasteiger partial charge in [0, 0.05) is 11.2 Å². The zero-order valence-electron chi connectivity index (χ0n) is 15.2. The lowest BCUT2D eigenvalue weighted by molar-refractivity contribution is -0.114. The average molecular weight is 341 g/mol. The Morgan fingerprint density at radius 2 is 1.88 bits per heavy atom. The van der Waals surface area contributed by atoms with E-state index in [4.69, 9.17) is 0 Å². The molecule has 2 aliphatic carbocycles. The molecule has 0 spiro atoms. The van der Waals surface area contributed by atoms with Crippen molar-refractivity contribution in [1.82, 2.24) is 0 Å². The van der Waals surface area contributed by atoms with E-state index in [1.54, 1.807) is 11.8 Å². The van der Waals surface area contributed by atoms with Gasteiger partial charge in [0.2, 0.25) is 0 Å². The molecule has 0 aromatic heterocycles. The molecule has 1 saturated carbocycles. The lowest BCUT2D eigenvalue weighted by Crippen LogP contribution is -2.12. The topological polar surface area (TPSA) is 17.1 Å². The maximum absolute atomic E-state index is 12.8. The Morgan fingerprint density at radius 1 is 1.17 bits per heavy atom. The van der Waals surface area contributed by atoms with E-state index in [1.807, 2.05) is 0 Å². The van der Waals surface area contributed by atoms with Crippen LogP contribution in [0.4, 0.5) is 0 Å². The van der Waals surface area contributed by atoms with Crippen LogP contribution in [0.15, 0.2) is 35.9 Å². The number of benzene rings is 1. The fraction of sp³-hybridized carbons (Fsp3) is 0.500. The molecule has 1 nitrogen and oxygen atoms in total. The van der Waals surface area contributed by atoms with Crippen LogP contribution in [0.2, 0.25) is 0 Å². The first-order valence-electron chi connectivity index (χ1n) is 9.11. The van der Waals surface area contributed by atoms with E-state index in [-0.39, 0.29) is 5.92 Å². The summed E-state index contributed by atoms with van der Waals surface area (Å²) in [4.78, 5) is 12.8. The Labute approximate surface area is 150 Å². The summed E-state index contributed by atoms with van der Waals surface area (Å²) >= 11 is 1.63. The Kier molecular flexibility index (Phi) is 5.34. The first-order chi connectivity index (χ1) is 11.5. The number of allylic oxidation sites excluding steroid dienone is 3. The molecule has 1 aromatic rings. The van der Waals surface area contributed by atoms with Crippen LogP contribution in [0.5, 0.6) is 0 Å². The lowest BCUT2D eigenvalue weighted by Gasteiger charge is -2.13. The summed E-state index contributed by atoms with van der Waals surface area (Å²) in [7, 11) is 0. The van der Waals surface area contributed by atoms with Crippen LogP contribution in [0, 0.1) is 19.8 Å². The zero-order chi connectivity index (χ0) is 17.3. The number of carbonyl (C=O) groups is 1. The lowest BCUT2D eigenvalue weighted by atomic mass is 9.93. The summed E-state index contributed by atoms with van der Waals surface area (Å²) in [5, 5.41) is 0.969. The minimum atomic E-state index is 0.136. The molecular formula is C22H28OS. The number of hydrogen-bond acceptors (Lipinski definition) is 2. The van der Waals surface area contributed by atoms with Gasteiger partial charge in [-0.2, -0.15) is 0 Å². The fourth-order valence-electron chi connectivity index (χ4n) is 4.01. The zero-order valence-corrected chi connectivity index (χ0v) is 16.0. The molecule has 0 saturated heterocycles. The third-order valence-electron chi connectivity index (χ3n) is 5.42. The number of thioether (sulfide) groups is 1. The molecule has 3 rings (SSSR count). The third kappa shape index (κ3) is 3.69. The van der Waals surface area contributed by atoms with Crippen LogP contribution in [-0.2, 0) is 4.79 Å². The molecule has 0 N–H and O–H groups in total. The highest BCUT2D eigenvalue weighted by Crippen LogP contribution is 2.44. The maximum Gasteiger partial charge on any atom is 0.192 e. The Morgan fingerprint density at radius 3 is 2.54 bits per heavy atom. The van der Waals surface area contributed by atoms with Crippen LogP contribution in [0.25, 0.3) is 5.57 Å². The second kappa shape index (κ2) is 7.31. The molecule has 0 radical (unpaired) electrons. The van der Waals surface area contributed by atoms with Gasteiger partial charge in [-0.15, -0.1) is 0 Å². The first kappa shape index (κ1) is 17.5. The number of carbonyl (C=O) groups excluding carboxylic acids is 1. The summed E-state index contributed by atoms with van der Waals surface area (Å²) in [6, 6.07) is 6.62. The molecule has 2 aliphatic rings. The molecular weight excluding hydrogens is 312 g/mol. The highest BCUT2D eigenvalue weighted by atomic mass is 32.2. The highest BCUT2D eigenvalue weighted by molar-refractivity contribution is 8.14. The van der Waals surface area contributed by atoms with Gasteiger partial charge >= 0.3 is 0 Å². The molecule has 1 aromatic carbocycles. The van der Waals surface area contributed by atoms with Crippen molar-refractivity contribution in [2.24, 2.45) is 5.92 Å². The number of hydrogen-bond donors (Lipinski definition) is 0. The van der Waals surface area contributed by atoms with E-state index in [0.717, 1.165) is 18.4 Å².